The van der Waals surface area contributed by atoms with Gasteiger partial charge in [0.1, 0.15) is 5.82 Å². The third kappa shape index (κ3) is 3.45. The van der Waals surface area contributed by atoms with Crippen LogP contribution in [0.5, 0.6) is 5.75 Å². The largest absolute Gasteiger partial charge is 0.462 e. The van der Waals surface area contributed by atoms with E-state index in [0.29, 0.717) is 28.2 Å². The van der Waals surface area contributed by atoms with Gasteiger partial charge < -0.3 is 10.1 Å². The fraction of sp³-hybridized carbons (Fsp3) is 0.333. The van der Waals surface area contributed by atoms with Gasteiger partial charge in [0.25, 0.3) is 0 Å². The Morgan fingerprint density at radius 3 is 2.76 bits per heavy atom. The van der Waals surface area contributed by atoms with E-state index in [1.54, 1.807) is 6.20 Å². The van der Waals surface area contributed by atoms with Crippen molar-refractivity contribution in [3.63, 3.8) is 0 Å². The summed E-state index contributed by atoms with van der Waals surface area (Å²) in [6.07, 6.45) is 11.2. The maximum absolute atomic E-state index is 13.9. The molecule has 0 amide bonds. The molecular formula is C21H19Cl2FN4O. The zero-order valence-corrected chi connectivity index (χ0v) is 17.0. The monoisotopic (exact) mass is 432 g/mol. The molecule has 0 unspecified atom stereocenters. The summed E-state index contributed by atoms with van der Waals surface area (Å²) in [7, 11) is 0. The van der Waals surface area contributed by atoms with Crippen LogP contribution in [0.4, 0.5) is 10.2 Å². The Hall–Kier alpha value is -2.31. The number of nitrogens with one attached hydrogen (secondary N) is 1. The standard InChI is InChI=1S/C21H19Cl2FN4O/c22-15-6-7-16(24)19(23)18(15)21-27-20-17(29-21)8-12(9-25-20)13-10-26-28(11-13)14-4-2-1-3-5-14/h6-11,14,21H,1-5H2,(H,25,27)/t21-/m0/s1. The van der Waals surface area contributed by atoms with E-state index in [2.05, 4.69) is 26.3 Å². The van der Waals surface area contributed by atoms with Crippen molar-refractivity contribution in [3.8, 4) is 16.9 Å². The van der Waals surface area contributed by atoms with Crippen molar-refractivity contribution in [3.05, 3.63) is 58.2 Å². The molecule has 5 rings (SSSR count). The molecule has 0 spiro atoms. The minimum atomic E-state index is -0.701. The number of fused-ring (bicyclic) bond motifs is 1. The molecule has 8 heteroatoms. The van der Waals surface area contributed by atoms with E-state index >= 15 is 0 Å². The lowest BCUT2D eigenvalue weighted by molar-refractivity contribution is 0.259. The molecular weight excluding hydrogens is 414 g/mol. The van der Waals surface area contributed by atoms with Gasteiger partial charge >= 0.3 is 0 Å². The van der Waals surface area contributed by atoms with E-state index in [-0.39, 0.29) is 5.02 Å². The molecule has 0 radical (unpaired) electrons. The second-order valence-corrected chi connectivity index (χ2v) is 8.26. The minimum absolute atomic E-state index is 0.0585. The minimum Gasteiger partial charge on any atom is -0.462 e. The molecule has 1 fully saturated rings. The van der Waals surface area contributed by atoms with Crippen molar-refractivity contribution >= 4 is 29.0 Å². The van der Waals surface area contributed by atoms with Crippen LogP contribution in [0.2, 0.25) is 10.0 Å². The summed E-state index contributed by atoms with van der Waals surface area (Å²) in [5.74, 6) is 0.584. The van der Waals surface area contributed by atoms with Crippen LogP contribution in [0.25, 0.3) is 11.1 Å². The van der Waals surface area contributed by atoms with Crippen LogP contribution >= 0.6 is 23.2 Å². The summed E-state index contributed by atoms with van der Waals surface area (Å²) in [5.41, 5.74) is 2.25. The lowest BCUT2D eigenvalue weighted by Gasteiger charge is -2.21. The molecule has 1 aliphatic carbocycles. The van der Waals surface area contributed by atoms with E-state index in [4.69, 9.17) is 27.9 Å². The highest BCUT2D eigenvalue weighted by molar-refractivity contribution is 6.36. The van der Waals surface area contributed by atoms with Crippen LogP contribution in [-0.2, 0) is 0 Å². The summed E-state index contributed by atoms with van der Waals surface area (Å²) < 4.78 is 21.9. The molecule has 2 aliphatic rings. The Morgan fingerprint density at radius 2 is 1.93 bits per heavy atom. The number of ether oxygens (including phenoxy) is 1. The number of hydrogen-bond donors (Lipinski definition) is 1. The zero-order valence-electron chi connectivity index (χ0n) is 15.5. The SMILES string of the molecule is Fc1ccc(Cl)c([C@H]2Nc3ncc(-c4cnn(C5CCCCC5)c4)cc3O2)c1Cl. The summed E-state index contributed by atoms with van der Waals surface area (Å²) in [6.45, 7) is 0. The van der Waals surface area contributed by atoms with E-state index < -0.39 is 12.0 Å². The Kier molecular flexibility index (Phi) is 4.84. The fourth-order valence-electron chi connectivity index (χ4n) is 4.03. The fourth-order valence-corrected chi connectivity index (χ4v) is 4.60. The lowest BCUT2D eigenvalue weighted by atomic mass is 9.96. The van der Waals surface area contributed by atoms with E-state index in [1.807, 2.05) is 12.3 Å². The molecule has 150 valence electrons. The third-order valence-corrected chi connectivity index (χ3v) is 6.30. The topological polar surface area (TPSA) is 52.0 Å². The van der Waals surface area contributed by atoms with Crippen LogP contribution in [0.1, 0.15) is 49.9 Å². The molecule has 1 N–H and O–H groups in total. The van der Waals surface area contributed by atoms with Crippen LogP contribution < -0.4 is 10.1 Å². The highest BCUT2D eigenvalue weighted by Crippen LogP contribution is 2.43. The smallest absolute Gasteiger partial charge is 0.200 e. The molecule has 2 aromatic heterocycles. The number of benzene rings is 1. The van der Waals surface area contributed by atoms with Crippen LogP contribution in [0, 0.1) is 5.82 Å². The van der Waals surface area contributed by atoms with Gasteiger partial charge in [-0.25, -0.2) is 9.37 Å². The predicted molar refractivity (Wildman–Crippen MR) is 111 cm³/mol. The molecule has 1 atom stereocenters. The van der Waals surface area contributed by atoms with Crippen molar-refractivity contribution < 1.29 is 9.13 Å². The zero-order chi connectivity index (χ0) is 20.0. The first-order chi connectivity index (χ1) is 14.1. The molecule has 3 aromatic rings. The number of anilines is 1. The molecule has 0 bridgehead atoms. The molecule has 1 saturated carbocycles. The number of aromatic nitrogens is 3. The van der Waals surface area contributed by atoms with Gasteiger partial charge in [-0.3, -0.25) is 4.68 Å². The average molecular weight is 433 g/mol. The van der Waals surface area contributed by atoms with Gasteiger partial charge in [-0.1, -0.05) is 42.5 Å². The van der Waals surface area contributed by atoms with Gasteiger partial charge in [0.15, 0.2) is 11.6 Å². The lowest BCUT2D eigenvalue weighted by Crippen LogP contribution is -2.12. The first-order valence-corrected chi connectivity index (χ1v) is 10.5. The maximum Gasteiger partial charge on any atom is 0.200 e. The van der Waals surface area contributed by atoms with Crippen molar-refractivity contribution in [1.29, 1.82) is 0 Å². The average Bonchev–Trinajstić information content (AvgIpc) is 3.38. The van der Waals surface area contributed by atoms with Crippen LogP contribution in [0.15, 0.2) is 36.8 Å². The van der Waals surface area contributed by atoms with Gasteiger partial charge in [0.2, 0.25) is 6.23 Å². The van der Waals surface area contributed by atoms with Crippen molar-refractivity contribution in [2.45, 2.75) is 44.4 Å². The molecule has 3 heterocycles. The number of nitrogens with zero attached hydrogens (tertiary/aromatic N) is 3. The summed E-state index contributed by atoms with van der Waals surface area (Å²) in [4.78, 5) is 4.46. The van der Waals surface area contributed by atoms with Crippen LogP contribution in [-0.4, -0.2) is 14.8 Å². The molecule has 1 aliphatic heterocycles. The molecule has 29 heavy (non-hydrogen) atoms. The predicted octanol–water partition coefficient (Wildman–Crippen LogP) is 6.40. The number of hydrogen-bond acceptors (Lipinski definition) is 4. The molecule has 1 aromatic carbocycles. The first-order valence-electron chi connectivity index (χ1n) is 9.71. The second kappa shape index (κ2) is 7.50. The third-order valence-electron chi connectivity index (χ3n) is 5.59. The normalized spacial score (nSPS) is 18.9. The Bertz CT molecular complexity index is 1060. The van der Waals surface area contributed by atoms with Crippen molar-refractivity contribution in [1.82, 2.24) is 14.8 Å². The van der Waals surface area contributed by atoms with E-state index in [9.17, 15) is 4.39 Å². The highest BCUT2D eigenvalue weighted by Gasteiger charge is 2.30. The summed E-state index contributed by atoms with van der Waals surface area (Å²) in [5, 5.41) is 7.94. The molecule has 5 nitrogen and oxygen atoms in total. The Labute approximate surface area is 177 Å². The summed E-state index contributed by atoms with van der Waals surface area (Å²) in [6, 6.07) is 5.07. The van der Waals surface area contributed by atoms with Crippen molar-refractivity contribution in [2.24, 2.45) is 0 Å². The quantitative estimate of drug-likeness (QED) is 0.486. The van der Waals surface area contributed by atoms with Crippen LogP contribution in [0.3, 0.4) is 0 Å². The Balaban J connectivity index is 1.40. The Morgan fingerprint density at radius 1 is 1.10 bits per heavy atom. The number of halogens is 3. The first kappa shape index (κ1) is 18.7. The maximum atomic E-state index is 13.9. The van der Waals surface area contributed by atoms with Gasteiger partial charge in [-0.15, -0.1) is 0 Å². The van der Waals surface area contributed by atoms with Crippen molar-refractivity contribution in [2.75, 3.05) is 5.32 Å². The van der Waals surface area contributed by atoms with Gasteiger partial charge in [-0.2, -0.15) is 5.10 Å². The van der Waals surface area contributed by atoms with Gasteiger partial charge in [-0.05, 0) is 31.0 Å². The summed E-state index contributed by atoms with van der Waals surface area (Å²) >= 11 is 12.3. The highest BCUT2D eigenvalue weighted by atomic mass is 35.5. The van der Waals surface area contributed by atoms with E-state index in [0.717, 1.165) is 11.1 Å². The number of pyridine rings is 1. The van der Waals surface area contributed by atoms with E-state index in [1.165, 1.54) is 44.2 Å². The molecule has 0 saturated heterocycles. The second-order valence-electron chi connectivity index (χ2n) is 7.47. The number of rotatable bonds is 3. The van der Waals surface area contributed by atoms with Gasteiger partial charge in [0.05, 0.1) is 27.8 Å². The van der Waals surface area contributed by atoms with Gasteiger partial charge in [0, 0.05) is 23.5 Å².